The first-order valence-electron chi connectivity index (χ1n) is 6.25. The van der Waals surface area contributed by atoms with E-state index >= 15 is 0 Å². The number of benzene rings is 2. The molecule has 1 heterocycles. The van der Waals surface area contributed by atoms with Crippen molar-refractivity contribution in [3.63, 3.8) is 0 Å². The molecule has 3 N–H and O–H groups in total. The van der Waals surface area contributed by atoms with Crippen molar-refractivity contribution in [1.29, 1.82) is 0 Å². The molecule has 0 bridgehead atoms. The van der Waals surface area contributed by atoms with Crippen LogP contribution in [0.15, 0.2) is 47.5 Å². The third-order valence-corrected chi connectivity index (χ3v) is 3.69. The number of carbonyl (C=O) groups is 1. The Kier molecular flexibility index (Phi) is 3.57. The first-order valence-corrected chi connectivity index (χ1v) is 7.01. The number of rotatable bonds is 2. The Morgan fingerprint density at radius 1 is 1.19 bits per heavy atom. The van der Waals surface area contributed by atoms with Crippen LogP contribution in [-0.2, 0) is 4.79 Å². The van der Waals surface area contributed by atoms with Crippen molar-refractivity contribution < 1.29 is 4.79 Å². The van der Waals surface area contributed by atoms with E-state index in [1.165, 1.54) is 0 Å². The maximum Gasteiger partial charge on any atom is 0.246 e. The van der Waals surface area contributed by atoms with Gasteiger partial charge >= 0.3 is 0 Å². The number of amides is 1. The van der Waals surface area contributed by atoms with E-state index in [0.29, 0.717) is 27.1 Å². The van der Waals surface area contributed by atoms with E-state index in [-0.39, 0.29) is 0 Å². The number of hydrogen-bond donors (Lipinski definition) is 2. The minimum atomic E-state index is -0.727. The van der Waals surface area contributed by atoms with Gasteiger partial charge in [-0.1, -0.05) is 53.5 Å². The smallest absolute Gasteiger partial charge is 0.246 e. The fraction of sp³-hybridized carbons (Fsp3) is 0.0667. The van der Waals surface area contributed by atoms with Gasteiger partial charge in [0.25, 0.3) is 0 Å². The molecule has 1 atom stereocenters. The largest absolute Gasteiger partial charge is 0.368 e. The molecule has 3 rings (SSSR count). The van der Waals surface area contributed by atoms with Crippen LogP contribution in [-0.4, -0.2) is 17.7 Å². The number of aliphatic imine (C=N–C) groups is 1. The van der Waals surface area contributed by atoms with Crippen LogP contribution < -0.4 is 11.1 Å². The monoisotopic (exact) mass is 319 g/mol. The first-order chi connectivity index (χ1) is 10.1. The zero-order chi connectivity index (χ0) is 15.0. The lowest BCUT2D eigenvalue weighted by Gasteiger charge is -2.25. The van der Waals surface area contributed by atoms with Crippen LogP contribution in [0.25, 0.3) is 0 Å². The van der Waals surface area contributed by atoms with Gasteiger partial charge in [-0.15, -0.1) is 0 Å². The summed E-state index contributed by atoms with van der Waals surface area (Å²) >= 11 is 12.2. The van der Waals surface area contributed by atoms with Gasteiger partial charge < -0.3 is 11.1 Å². The van der Waals surface area contributed by atoms with Gasteiger partial charge in [0.05, 0.1) is 16.4 Å². The van der Waals surface area contributed by atoms with Crippen molar-refractivity contribution in [3.05, 3.63) is 58.1 Å². The molecular weight excluding hydrogens is 309 g/mol. The van der Waals surface area contributed by atoms with Gasteiger partial charge in [0.2, 0.25) is 5.91 Å². The highest BCUT2D eigenvalue weighted by Gasteiger charge is 2.29. The molecule has 4 nitrogen and oxygen atoms in total. The number of hydrogen-bond acceptors (Lipinski definition) is 3. The normalized spacial score (nSPS) is 16.7. The Morgan fingerprint density at radius 3 is 2.57 bits per heavy atom. The predicted octanol–water partition coefficient (Wildman–Crippen LogP) is 3.39. The van der Waals surface area contributed by atoms with E-state index in [0.717, 1.165) is 5.56 Å². The molecule has 106 valence electrons. The Bertz CT molecular complexity index is 744. The number of nitrogens with zero attached hydrogens (tertiary/aromatic N) is 1. The molecule has 2 aromatic carbocycles. The van der Waals surface area contributed by atoms with Crippen molar-refractivity contribution in [2.45, 2.75) is 6.04 Å². The molecular formula is C15H11Cl2N3O. The number of carbonyl (C=O) groups excluding carboxylic acids is 1. The van der Waals surface area contributed by atoms with Gasteiger partial charge in [-0.2, -0.15) is 0 Å². The summed E-state index contributed by atoms with van der Waals surface area (Å²) in [6.07, 6.45) is 0. The molecule has 1 aliphatic heterocycles. The van der Waals surface area contributed by atoms with E-state index < -0.39 is 11.9 Å². The summed E-state index contributed by atoms with van der Waals surface area (Å²) in [6, 6.07) is 11.9. The third-order valence-electron chi connectivity index (χ3n) is 3.19. The molecule has 0 fully saturated rings. The zero-order valence-corrected chi connectivity index (χ0v) is 12.3. The number of halogens is 2. The lowest BCUT2D eigenvalue weighted by Crippen LogP contribution is -2.43. The fourth-order valence-corrected chi connectivity index (χ4v) is 2.78. The van der Waals surface area contributed by atoms with Crippen LogP contribution in [0, 0.1) is 0 Å². The molecule has 0 saturated carbocycles. The van der Waals surface area contributed by atoms with Gasteiger partial charge in [-0.05, 0) is 17.7 Å². The maximum atomic E-state index is 11.7. The second-order valence-corrected chi connectivity index (χ2v) is 5.47. The van der Waals surface area contributed by atoms with Gasteiger partial charge in [0.1, 0.15) is 11.7 Å². The molecule has 1 unspecified atom stereocenters. The van der Waals surface area contributed by atoms with Crippen LogP contribution >= 0.6 is 23.2 Å². The van der Waals surface area contributed by atoms with Gasteiger partial charge in [-0.25, -0.2) is 4.99 Å². The summed E-state index contributed by atoms with van der Waals surface area (Å²) < 4.78 is 0. The Balaban J connectivity index is 2.19. The summed E-state index contributed by atoms with van der Waals surface area (Å²) in [5.41, 5.74) is 7.98. The van der Waals surface area contributed by atoms with E-state index in [1.54, 1.807) is 12.1 Å². The summed E-state index contributed by atoms with van der Waals surface area (Å²) in [4.78, 5) is 16.3. The van der Waals surface area contributed by atoms with Gasteiger partial charge in [-0.3, -0.25) is 4.79 Å². The molecule has 21 heavy (non-hydrogen) atoms. The van der Waals surface area contributed by atoms with Crippen molar-refractivity contribution >= 4 is 46.2 Å². The van der Waals surface area contributed by atoms with E-state index in [9.17, 15) is 4.79 Å². The van der Waals surface area contributed by atoms with Crippen molar-refractivity contribution in [1.82, 2.24) is 0 Å². The lowest BCUT2D eigenvalue weighted by molar-refractivity contribution is -0.117. The zero-order valence-electron chi connectivity index (χ0n) is 10.8. The topological polar surface area (TPSA) is 67.5 Å². The summed E-state index contributed by atoms with van der Waals surface area (Å²) in [7, 11) is 0. The second kappa shape index (κ2) is 5.39. The van der Waals surface area contributed by atoms with E-state index in [2.05, 4.69) is 10.3 Å². The first kappa shape index (κ1) is 13.9. The summed E-state index contributed by atoms with van der Waals surface area (Å²) in [6.45, 7) is 0. The van der Waals surface area contributed by atoms with Crippen molar-refractivity contribution in [2.75, 3.05) is 5.32 Å². The number of anilines is 1. The highest BCUT2D eigenvalue weighted by molar-refractivity contribution is 6.37. The maximum absolute atomic E-state index is 11.7. The average molecular weight is 320 g/mol. The standard InChI is InChI=1S/C15H11Cl2N3O/c16-9-6-10(17)13-11(7-9)19-14(15(18)21)12(20-13)8-4-2-1-3-5-8/h1-7,14,19H,(H2,18,21). The van der Waals surface area contributed by atoms with Crippen LogP contribution in [0.3, 0.4) is 0 Å². The third kappa shape index (κ3) is 2.60. The van der Waals surface area contributed by atoms with Crippen LogP contribution in [0.1, 0.15) is 5.56 Å². The highest BCUT2D eigenvalue weighted by atomic mass is 35.5. The van der Waals surface area contributed by atoms with E-state index in [4.69, 9.17) is 28.9 Å². The molecule has 1 aliphatic rings. The van der Waals surface area contributed by atoms with Crippen LogP contribution in [0.5, 0.6) is 0 Å². The van der Waals surface area contributed by atoms with Crippen molar-refractivity contribution in [3.8, 4) is 0 Å². The molecule has 0 saturated heterocycles. The van der Waals surface area contributed by atoms with Crippen LogP contribution in [0.4, 0.5) is 11.4 Å². The summed E-state index contributed by atoms with van der Waals surface area (Å²) in [5, 5.41) is 3.94. The molecule has 0 aromatic heterocycles. The number of nitrogens with one attached hydrogen (secondary N) is 1. The predicted molar refractivity (Wildman–Crippen MR) is 85.7 cm³/mol. The summed E-state index contributed by atoms with van der Waals surface area (Å²) in [5.74, 6) is -0.514. The highest BCUT2D eigenvalue weighted by Crippen LogP contribution is 2.40. The lowest BCUT2D eigenvalue weighted by atomic mass is 10.00. The Morgan fingerprint density at radius 2 is 1.90 bits per heavy atom. The Labute approximate surface area is 131 Å². The molecule has 2 aromatic rings. The molecule has 0 aliphatic carbocycles. The molecule has 0 radical (unpaired) electrons. The minimum Gasteiger partial charge on any atom is -0.368 e. The second-order valence-electron chi connectivity index (χ2n) is 4.63. The minimum absolute atomic E-state index is 0.418. The quantitative estimate of drug-likeness (QED) is 0.890. The van der Waals surface area contributed by atoms with Crippen LogP contribution in [0.2, 0.25) is 10.0 Å². The number of nitrogens with two attached hydrogens (primary N) is 1. The average Bonchev–Trinajstić information content (AvgIpc) is 2.46. The Hall–Kier alpha value is -2.04. The van der Waals surface area contributed by atoms with Gasteiger partial charge in [0.15, 0.2) is 0 Å². The molecule has 1 amide bonds. The van der Waals surface area contributed by atoms with E-state index in [1.807, 2.05) is 30.3 Å². The number of fused-ring (bicyclic) bond motifs is 1. The van der Waals surface area contributed by atoms with Crippen molar-refractivity contribution in [2.24, 2.45) is 10.7 Å². The fourth-order valence-electron chi connectivity index (χ4n) is 2.24. The molecule has 0 spiro atoms. The number of primary amides is 1. The van der Waals surface area contributed by atoms with Gasteiger partial charge in [0, 0.05) is 5.02 Å². The molecule has 6 heteroatoms. The SMILES string of the molecule is NC(=O)C1Nc2cc(Cl)cc(Cl)c2N=C1c1ccccc1.